The Morgan fingerprint density at radius 3 is 2.67 bits per heavy atom. The van der Waals surface area contributed by atoms with E-state index >= 15 is 0 Å². The van der Waals surface area contributed by atoms with Crippen LogP contribution in [0.5, 0.6) is 0 Å². The van der Waals surface area contributed by atoms with Crippen molar-refractivity contribution in [3.8, 4) is 0 Å². The van der Waals surface area contributed by atoms with E-state index in [0.29, 0.717) is 26.4 Å². The second kappa shape index (κ2) is 9.16. The molecule has 1 heterocycles. The molecule has 8 heteroatoms. The summed E-state index contributed by atoms with van der Waals surface area (Å²) in [5, 5.41) is 3.03. The van der Waals surface area contributed by atoms with Crippen LogP contribution in [-0.2, 0) is 32.6 Å². The first-order valence-corrected chi connectivity index (χ1v) is 8.43. The number of aromatic nitrogens is 1. The van der Waals surface area contributed by atoms with Crippen molar-refractivity contribution in [1.29, 1.82) is 0 Å². The first-order chi connectivity index (χ1) is 10.0. The van der Waals surface area contributed by atoms with Crippen LogP contribution in [-0.4, -0.2) is 53.5 Å². The number of methoxy groups -OCH3 is 1. The van der Waals surface area contributed by atoms with Gasteiger partial charge in [-0.1, -0.05) is 0 Å². The molecule has 0 bridgehead atoms. The third-order valence-corrected chi connectivity index (χ3v) is 4.37. The van der Waals surface area contributed by atoms with E-state index in [2.05, 4.69) is 10.0 Å². The molecule has 0 unspecified atom stereocenters. The molecule has 0 amide bonds. The molecule has 0 fully saturated rings. The Morgan fingerprint density at radius 1 is 1.29 bits per heavy atom. The first-order valence-electron chi connectivity index (χ1n) is 6.95. The van der Waals surface area contributed by atoms with E-state index in [1.54, 1.807) is 19.4 Å². The average Bonchev–Trinajstić information content (AvgIpc) is 2.87. The standard InChI is InChI=1S/C13H25N3O4S/c1-4-16-11-13(9-12(16)10-14-2)21(17,18)15-5-6-20-8-7-19-3/h9,11,14-15H,4-8,10H2,1-3H3. The highest BCUT2D eigenvalue weighted by Gasteiger charge is 2.17. The van der Waals surface area contributed by atoms with Gasteiger partial charge in [0.2, 0.25) is 10.0 Å². The van der Waals surface area contributed by atoms with Crippen molar-refractivity contribution in [1.82, 2.24) is 14.6 Å². The Labute approximate surface area is 126 Å². The summed E-state index contributed by atoms with van der Waals surface area (Å²) in [4.78, 5) is 0.284. The van der Waals surface area contributed by atoms with E-state index in [-0.39, 0.29) is 11.4 Å². The SMILES string of the molecule is CCn1cc(S(=O)(=O)NCCOCCOC)cc1CNC. The molecule has 0 aromatic carbocycles. The number of rotatable bonds is 11. The van der Waals surface area contributed by atoms with Gasteiger partial charge in [0, 0.05) is 38.6 Å². The molecule has 0 saturated heterocycles. The van der Waals surface area contributed by atoms with Crippen LogP contribution in [0.1, 0.15) is 12.6 Å². The topological polar surface area (TPSA) is 81.6 Å². The third-order valence-electron chi connectivity index (χ3n) is 2.94. The molecule has 0 aliphatic heterocycles. The molecule has 0 spiro atoms. The van der Waals surface area contributed by atoms with E-state index in [9.17, 15) is 8.42 Å². The minimum absolute atomic E-state index is 0.241. The molecule has 122 valence electrons. The highest BCUT2D eigenvalue weighted by Crippen LogP contribution is 2.14. The lowest BCUT2D eigenvalue weighted by Gasteiger charge is -2.06. The molecule has 2 N–H and O–H groups in total. The monoisotopic (exact) mass is 319 g/mol. The predicted octanol–water partition coefficient (Wildman–Crippen LogP) is 0.169. The number of hydrogen-bond acceptors (Lipinski definition) is 5. The molecule has 0 aliphatic carbocycles. The average molecular weight is 319 g/mol. The number of nitrogens with zero attached hydrogens (tertiary/aromatic N) is 1. The summed E-state index contributed by atoms with van der Waals surface area (Å²) in [6, 6.07) is 1.69. The van der Waals surface area contributed by atoms with E-state index < -0.39 is 10.0 Å². The van der Waals surface area contributed by atoms with Crippen LogP contribution in [0.4, 0.5) is 0 Å². The van der Waals surface area contributed by atoms with E-state index in [0.717, 1.165) is 12.2 Å². The number of ether oxygens (including phenoxy) is 2. The maximum atomic E-state index is 12.2. The Bertz CT molecular complexity index is 513. The van der Waals surface area contributed by atoms with E-state index in [1.165, 1.54) is 0 Å². The van der Waals surface area contributed by atoms with Gasteiger partial charge in [-0.3, -0.25) is 0 Å². The molecule has 1 aromatic heterocycles. The van der Waals surface area contributed by atoms with Crippen molar-refractivity contribution in [3.63, 3.8) is 0 Å². The molecule has 0 aliphatic rings. The van der Waals surface area contributed by atoms with E-state index in [4.69, 9.17) is 9.47 Å². The van der Waals surface area contributed by atoms with Crippen molar-refractivity contribution in [2.24, 2.45) is 0 Å². The number of nitrogens with one attached hydrogen (secondary N) is 2. The Morgan fingerprint density at radius 2 is 2.05 bits per heavy atom. The van der Waals surface area contributed by atoms with Crippen LogP contribution in [0.3, 0.4) is 0 Å². The number of aryl methyl sites for hydroxylation is 1. The molecule has 0 atom stereocenters. The van der Waals surface area contributed by atoms with E-state index in [1.807, 2.05) is 18.5 Å². The van der Waals surface area contributed by atoms with Crippen LogP contribution >= 0.6 is 0 Å². The van der Waals surface area contributed by atoms with Gasteiger partial charge in [0.1, 0.15) is 0 Å². The van der Waals surface area contributed by atoms with Gasteiger partial charge >= 0.3 is 0 Å². The maximum absolute atomic E-state index is 12.2. The molecule has 0 radical (unpaired) electrons. The summed E-state index contributed by atoms with van der Waals surface area (Å²) < 4.78 is 38.9. The summed E-state index contributed by atoms with van der Waals surface area (Å²) >= 11 is 0. The van der Waals surface area contributed by atoms with Gasteiger partial charge in [-0.15, -0.1) is 0 Å². The zero-order chi connectivity index (χ0) is 15.7. The van der Waals surface area contributed by atoms with Crippen molar-refractivity contribution in [2.75, 3.05) is 40.5 Å². The summed E-state index contributed by atoms with van der Waals surface area (Å²) in [6.45, 7) is 4.85. The fourth-order valence-electron chi connectivity index (χ4n) is 1.87. The summed E-state index contributed by atoms with van der Waals surface area (Å²) in [5.41, 5.74) is 0.941. The highest BCUT2D eigenvalue weighted by atomic mass is 32.2. The lowest BCUT2D eigenvalue weighted by atomic mass is 10.4. The zero-order valence-electron chi connectivity index (χ0n) is 12.9. The van der Waals surface area contributed by atoms with Crippen LogP contribution in [0, 0.1) is 0 Å². The normalized spacial score (nSPS) is 12.0. The first kappa shape index (κ1) is 18.1. The molecular formula is C13H25N3O4S. The van der Waals surface area contributed by atoms with Gasteiger partial charge in [0.25, 0.3) is 0 Å². The maximum Gasteiger partial charge on any atom is 0.242 e. The van der Waals surface area contributed by atoms with Crippen LogP contribution in [0.15, 0.2) is 17.2 Å². The van der Waals surface area contributed by atoms with Crippen LogP contribution in [0.25, 0.3) is 0 Å². The molecule has 1 rings (SSSR count). The van der Waals surface area contributed by atoms with Crippen molar-refractivity contribution in [3.05, 3.63) is 18.0 Å². The quantitative estimate of drug-likeness (QED) is 0.568. The Hall–Kier alpha value is -0.930. The Balaban J connectivity index is 2.57. The molecule has 0 saturated carbocycles. The molecule has 21 heavy (non-hydrogen) atoms. The summed E-state index contributed by atoms with van der Waals surface area (Å²) in [7, 11) is -0.0723. The fourth-order valence-corrected chi connectivity index (χ4v) is 2.95. The molecule has 1 aromatic rings. The van der Waals surface area contributed by atoms with Gasteiger partial charge in [-0.2, -0.15) is 0 Å². The van der Waals surface area contributed by atoms with Gasteiger partial charge in [-0.25, -0.2) is 13.1 Å². The van der Waals surface area contributed by atoms with Gasteiger partial charge < -0.3 is 19.4 Å². The smallest absolute Gasteiger partial charge is 0.242 e. The summed E-state index contributed by atoms with van der Waals surface area (Å²) in [6.07, 6.45) is 1.65. The lowest BCUT2D eigenvalue weighted by molar-refractivity contribution is 0.0736. The highest BCUT2D eigenvalue weighted by molar-refractivity contribution is 7.89. The summed E-state index contributed by atoms with van der Waals surface area (Å²) in [5.74, 6) is 0. The number of sulfonamides is 1. The minimum Gasteiger partial charge on any atom is -0.382 e. The van der Waals surface area contributed by atoms with Crippen LogP contribution in [0.2, 0.25) is 0 Å². The minimum atomic E-state index is -3.49. The lowest BCUT2D eigenvalue weighted by Crippen LogP contribution is -2.27. The van der Waals surface area contributed by atoms with Crippen molar-refractivity contribution < 1.29 is 17.9 Å². The number of hydrogen-bond donors (Lipinski definition) is 2. The second-order valence-corrected chi connectivity index (χ2v) is 6.25. The van der Waals surface area contributed by atoms with Gasteiger partial charge in [-0.05, 0) is 20.0 Å². The van der Waals surface area contributed by atoms with Crippen molar-refractivity contribution in [2.45, 2.75) is 24.9 Å². The fraction of sp³-hybridized carbons (Fsp3) is 0.692. The Kier molecular flexibility index (Phi) is 7.91. The molecule has 7 nitrogen and oxygen atoms in total. The van der Waals surface area contributed by atoms with Gasteiger partial charge in [0.15, 0.2) is 0 Å². The predicted molar refractivity (Wildman–Crippen MR) is 80.8 cm³/mol. The zero-order valence-corrected chi connectivity index (χ0v) is 13.7. The molecular weight excluding hydrogens is 294 g/mol. The van der Waals surface area contributed by atoms with Crippen molar-refractivity contribution >= 4 is 10.0 Å². The largest absolute Gasteiger partial charge is 0.382 e. The van der Waals surface area contributed by atoms with Gasteiger partial charge in [0.05, 0.1) is 24.7 Å². The van der Waals surface area contributed by atoms with Crippen LogP contribution < -0.4 is 10.0 Å². The third kappa shape index (κ3) is 5.76. The second-order valence-electron chi connectivity index (χ2n) is 4.49.